The van der Waals surface area contributed by atoms with Crippen LogP contribution in [0.15, 0.2) is 41.0 Å². The van der Waals surface area contributed by atoms with Gasteiger partial charge in [-0.3, -0.25) is 19.5 Å². The molecule has 2 heterocycles. The van der Waals surface area contributed by atoms with Crippen molar-refractivity contribution in [2.75, 3.05) is 0 Å². The van der Waals surface area contributed by atoms with Gasteiger partial charge in [0.1, 0.15) is 0 Å². The predicted octanol–water partition coefficient (Wildman–Crippen LogP) is 3.29. The van der Waals surface area contributed by atoms with Crippen molar-refractivity contribution >= 4 is 39.3 Å². The van der Waals surface area contributed by atoms with Gasteiger partial charge in [-0.05, 0) is 30.3 Å². The van der Waals surface area contributed by atoms with E-state index in [1.807, 2.05) is 0 Å². The Bertz CT molecular complexity index is 733. The summed E-state index contributed by atoms with van der Waals surface area (Å²) in [4.78, 5) is 29.8. The third kappa shape index (κ3) is 2.23. The molecule has 20 heavy (non-hydrogen) atoms. The van der Waals surface area contributed by atoms with Crippen LogP contribution in [0.1, 0.15) is 26.4 Å². The van der Waals surface area contributed by atoms with Gasteiger partial charge in [0.2, 0.25) is 0 Å². The lowest BCUT2D eigenvalue weighted by Gasteiger charge is -2.13. The number of hydrogen-bond acceptors (Lipinski definition) is 3. The molecule has 0 aliphatic carbocycles. The standard InChI is InChI=1S/C14H8BrClN2O2/c15-8-1-2-11-12(5-8)14(20)18(13(11)19)7-10-6-9(16)3-4-17-10/h1-6H,7H2. The number of nitrogens with zero attached hydrogens (tertiary/aromatic N) is 2. The van der Waals surface area contributed by atoms with Crippen molar-refractivity contribution < 1.29 is 9.59 Å². The first-order valence-electron chi connectivity index (χ1n) is 5.82. The molecule has 0 spiro atoms. The highest BCUT2D eigenvalue weighted by atomic mass is 79.9. The number of benzene rings is 1. The minimum atomic E-state index is -0.312. The number of imide groups is 1. The van der Waals surface area contributed by atoms with Gasteiger partial charge in [-0.1, -0.05) is 27.5 Å². The summed E-state index contributed by atoms with van der Waals surface area (Å²) in [6.45, 7) is 0.116. The van der Waals surface area contributed by atoms with Crippen LogP contribution in [-0.4, -0.2) is 21.7 Å². The second-order valence-electron chi connectivity index (χ2n) is 4.35. The summed E-state index contributed by atoms with van der Waals surface area (Å²) in [5.74, 6) is -0.618. The summed E-state index contributed by atoms with van der Waals surface area (Å²) in [7, 11) is 0. The molecule has 2 amide bonds. The maximum absolute atomic E-state index is 12.3. The third-order valence-corrected chi connectivity index (χ3v) is 3.76. The van der Waals surface area contributed by atoms with Crippen molar-refractivity contribution in [1.82, 2.24) is 9.88 Å². The van der Waals surface area contributed by atoms with Crippen LogP contribution in [0.5, 0.6) is 0 Å². The zero-order valence-corrected chi connectivity index (χ0v) is 12.5. The zero-order valence-electron chi connectivity index (χ0n) is 10.1. The van der Waals surface area contributed by atoms with E-state index in [-0.39, 0.29) is 18.4 Å². The van der Waals surface area contributed by atoms with Gasteiger partial charge in [-0.15, -0.1) is 0 Å². The third-order valence-electron chi connectivity index (χ3n) is 3.03. The molecule has 0 atom stereocenters. The van der Waals surface area contributed by atoms with Crippen molar-refractivity contribution in [3.8, 4) is 0 Å². The quantitative estimate of drug-likeness (QED) is 0.780. The van der Waals surface area contributed by atoms with Crippen LogP contribution in [-0.2, 0) is 6.54 Å². The van der Waals surface area contributed by atoms with Crippen LogP contribution in [0.25, 0.3) is 0 Å². The lowest BCUT2D eigenvalue weighted by atomic mass is 10.1. The number of amides is 2. The van der Waals surface area contributed by atoms with Gasteiger partial charge in [0.25, 0.3) is 11.8 Å². The van der Waals surface area contributed by atoms with Gasteiger partial charge in [0.15, 0.2) is 0 Å². The highest BCUT2D eigenvalue weighted by Crippen LogP contribution is 2.27. The predicted molar refractivity (Wildman–Crippen MR) is 77.6 cm³/mol. The number of fused-ring (bicyclic) bond motifs is 1. The van der Waals surface area contributed by atoms with Gasteiger partial charge in [0.05, 0.1) is 23.4 Å². The molecular formula is C14H8BrClN2O2. The summed E-state index contributed by atoms with van der Waals surface area (Å²) in [6.07, 6.45) is 1.55. The van der Waals surface area contributed by atoms with Crippen molar-refractivity contribution in [1.29, 1.82) is 0 Å². The fourth-order valence-electron chi connectivity index (χ4n) is 2.10. The first kappa shape index (κ1) is 13.3. The van der Waals surface area contributed by atoms with E-state index in [1.165, 1.54) is 4.90 Å². The number of carbonyl (C=O) groups excluding carboxylic acids is 2. The molecule has 0 saturated heterocycles. The average molecular weight is 352 g/mol. The van der Waals surface area contributed by atoms with Crippen molar-refractivity contribution in [3.63, 3.8) is 0 Å². The summed E-state index contributed by atoms with van der Waals surface area (Å²) < 4.78 is 0.764. The van der Waals surface area contributed by atoms with E-state index in [4.69, 9.17) is 11.6 Å². The van der Waals surface area contributed by atoms with Gasteiger partial charge >= 0.3 is 0 Å². The Morgan fingerprint density at radius 1 is 1.10 bits per heavy atom. The molecule has 2 aromatic rings. The normalized spacial score (nSPS) is 13.8. The van der Waals surface area contributed by atoms with E-state index in [1.54, 1.807) is 36.5 Å². The molecule has 4 nitrogen and oxygen atoms in total. The lowest BCUT2D eigenvalue weighted by Crippen LogP contribution is -2.29. The highest BCUT2D eigenvalue weighted by molar-refractivity contribution is 9.10. The molecule has 1 aromatic heterocycles. The maximum atomic E-state index is 12.3. The van der Waals surface area contributed by atoms with Crippen molar-refractivity contribution in [2.24, 2.45) is 0 Å². The Balaban J connectivity index is 1.94. The molecule has 1 aliphatic heterocycles. The number of hydrogen-bond donors (Lipinski definition) is 0. The monoisotopic (exact) mass is 350 g/mol. The number of aromatic nitrogens is 1. The summed E-state index contributed by atoms with van der Waals surface area (Å²) in [6, 6.07) is 8.32. The van der Waals surface area contributed by atoms with E-state index in [0.29, 0.717) is 21.8 Å². The second kappa shape index (κ2) is 5.00. The number of pyridine rings is 1. The molecule has 1 aromatic carbocycles. The lowest BCUT2D eigenvalue weighted by molar-refractivity contribution is 0.0640. The van der Waals surface area contributed by atoms with E-state index in [2.05, 4.69) is 20.9 Å². The summed E-state index contributed by atoms with van der Waals surface area (Å²) >= 11 is 9.18. The molecule has 0 bridgehead atoms. The number of halogens is 2. The molecule has 0 unspecified atom stereocenters. The van der Waals surface area contributed by atoms with E-state index >= 15 is 0 Å². The van der Waals surface area contributed by atoms with Crippen molar-refractivity contribution in [2.45, 2.75) is 6.54 Å². The van der Waals surface area contributed by atoms with Gasteiger partial charge in [-0.25, -0.2) is 0 Å². The van der Waals surface area contributed by atoms with Crippen LogP contribution in [0, 0.1) is 0 Å². The minimum absolute atomic E-state index is 0.116. The highest BCUT2D eigenvalue weighted by Gasteiger charge is 2.35. The molecule has 0 radical (unpaired) electrons. The van der Waals surface area contributed by atoms with Crippen LogP contribution in [0.3, 0.4) is 0 Å². The molecule has 3 rings (SSSR count). The molecule has 0 fully saturated rings. The Hall–Kier alpha value is -1.72. The van der Waals surface area contributed by atoms with Gasteiger partial charge in [-0.2, -0.15) is 0 Å². The molecular weight excluding hydrogens is 344 g/mol. The van der Waals surface area contributed by atoms with Crippen LogP contribution < -0.4 is 0 Å². The number of rotatable bonds is 2. The van der Waals surface area contributed by atoms with Gasteiger partial charge in [0, 0.05) is 15.7 Å². The molecule has 0 saturated carbocycles. The summed E-state index contributed by atoms with van der Waals surface area (Å²) in [5, 5.41) is 0.523. The topological polar surface area (TPSA) is 50.3 Å². The molecule has 6 heteroatoms. The fourth-order valence-corrected chi connectivity index (χ4v) is 2.65. The smallest absolute Gasteiger partial charge is 0.261 e. The van der Waals surface area contributed by atoms with Crippen LogP contribution >= 0.6 is 27.5 Å². The van der Waals surface area contributed by atoms with E-state index < -0.39 is 0 Å². The average Bonchev–Trinajstić information content (AvgIpc) is 2.64. The maximum Gasteiger partial charge on any atom is 0.261 e. The second-order valence-corrected chi connectivity index (χ2v) is 5.70. The van der Waals surface area contributed by atoms with Crippen LogP contribution in [0.4, 0.5) is 0 Å². The molecule has 0 N–H and O–H groups in total. The largest absolute Gasteiger partial charge is 0.269 e. The minimum Gasteiger partial charge on any atom is -0.269 e. The Morgan fingerprint density at radius 2 is 1.85 bits per heavy atom. The van der Waals surface area contributed by atoms with E-state index in [9.17, 15) is 9.59 Å². The summed E-state index contributed by atoms with van der Waals surface area (Å²) in [5.41, 5.74) is 1.40. The first-order chi connectivity index (χ1) is 9.56. The molecule has 100 valence electrons. The molecule has 1 aliphatic rings. The van der Waals surface area contributed by atoms with E-state index in [0.717, 1.165) is 4.47 Å². The van der Waals surface area contributed by atoms with Crippen LogP contribution in [0.2, 0.25) is 5.02 Å². The Morgan fingerprint density at radius 3 is 2.60 bits per heavy atom. The first-order valence-corrected chi connectivity index (χ1v) is 6.99. The number of carbonyl (C=O) groups is 2. The Labute approximate surface area is 128 Å². The zero-order chi connectivity index (χ0) is 14.3. The van der Waals surface area contributed by atoms with Gasteiger partial charge < -0.3 is 0 Å². The SMILES string of the molecule is O=C1c2ccc(Br)cc2C(=O)N1Cc1cc(Cl)ccn1. The van der Waals surface area contributed by atoms with Crippen molar-refractivity contribution in [3.05, 3.63) is 62.8 Å². The Kier molecular flexibility index (Phi) is 3.31. The fraction of sp³-hybridized carbons (Fsp3) is 0.0714.